The quantitative estimate of drug-likeness (QED) is 0.718. The Bertz CT molecular complexity index is 126. The molecule has 0 bridgehead atoms. The van der Waals surface area contributed by atoms with Crippen LogP contribution in [0.25, 0.3) is 0 Å². The fourth-order valence-electron chi connectivity index (χ4n) is 2.35. The monoisotopic (exact) mass is 184 g/mol. The Morgan fingerprint density at radius 2 is 2.00 bits per heavy atom. The molecule has 0 amide bonds. The van der Waals surface area contributed by atoms with Gasteiger partial charge in [-0.15, -0.1) is 0 Å². The van der Waals surface area contributed by atoms with Gasteiger partial charge in [0, 0.05) is 19.1 Å². The van der Waals surface area contributed by atoms with E-state index in [4.69, 9.17) is 0 Å². The van der Waals surface area contributed by atoms with E-state index in [0.29, 0.717) is 0 Å². The lowest BCUT2D eigenvalue weighted by Gasteiger charge is -2.32. The third-order valence-electron chi connectivity index (χ3n) is 3.03. The molecule has 0 saturated carbocycles. The van der Waals surface area contributed by atoms with Gasteiger partial charge in [0.05, 0.1) is 0 Å². The van der Waals surface area contributed by atoms with Crippen LogP contribution in [0.2, 0.25) is 0 Å². The molecule has 0 aromatic heterocycles. The molecule has 1 heterocycles. The van der Waals surface area contributed by atoms with Crippen LogP contribution in [0.4, 0.5) is 0 Å². The van der Waals surface area contributed by atoms with E-state index in [1.165, 1.54) is 39.0 Å². The summed E-state index contributed by atoms with van der Waals surface area (Å²) >= 11 is 0. The van der Waals surface area contributed by atoms with Gasteiger partial charge in [-0.3, -0.25) is 4.90 Å². The minimum Gasteiger partial charge on any atom is -0.315 e. The second-order valence-corrected chi connectivity index (χ2v) is 4.36. The molecule has 1 aliphatic rings. The third-order valence-corrected chi connectivity index (χ3v) is 3.03. The maximum atomic E-state index is 3.45. The van der Waals surface area contributed by atoms with Gasteiger partial charge in [0.1, 0.15) is 0 Å². The summed E-state index contributed by atoms with van der Waals surface area (Å²) in [4.78, 5) is 2.66. The van der Waals surface area contributed by atoms with Crippen molar-refractivity contribution in [3.05, 3.63) is 0 Å². The molecular formula is C11H24N2. The highest BCUT2D eigenvalue weighted by atomic mass is 15.2. The predicted octanol–water partition coefficient (Wildman–Crippen LogP) is 1.72. The fraction of sp³-hybridized carbons (Fsp3) is 1.00. The largest absolute Gasteiger partial charge is 0.315 e. The zero-order valence-corrected chi connectivity index (χ0v) is 9.34. The highest BCUT2D eigenvalue weighted by molar-refractivity contribution is 4.76. The molecule has 0 aromatic carbocycles. The molecule has 0 radical (unpaired) electrons. The lowest BCUT2D eigenvalue weighted by Crippen LogP contribution is -2.40. The average molecular weight is 184 g/mol. The van der Waals surface area contributed by atoms with Gasteiger partial charge < -0.3 is 5.32 Å². The van der Waals surface area contributed by atoms with Gasteiger partial charge in [0.15, 0.2) is 0 Å². The molecule has 0 spiro atoms. The van der Waals surface area contributed by atoms with E-state index >= 15 is 0 Å². The van der Waals surface area contributed by atoms with Gasteiger partial charge in [0.25, 0.3) is 0 Å². The second-order valence-electron chi connectivity index (χ2n) is 4.36. The van der Waals surface area contributed by atoms with E-state index in [0.717, 1.165) is 12.0 Å². The summed E-state index contributed by atoms with van der Waals surface area (Å²) in [5.74, 6) is 0.795. The third kappa shape index (κ3) is 3.28. The lowest BCUT2D eigenvalue weighted by atomic mass is 10.00. The van der Waals surface area contributed by atoms with Gasteiger partial charge >= 0.3 is 0 Å². The van der Waals surface area contributed by atoms with Crippen LogP contribution >= 0.6 is 0 Å². The van der Waals surface area contributed by atoms with Gasteiger partial charge in [-0.25, -0.2) is 0 Å². The first-order valence-electron chi connectivity index (χ1n) is 5.70. The molecule has 0 aromatic rings. The summed E-state index contributed by atoms with van der Waals surface area (Å²) in [7, 11) is 0. The standard InChI is InChI=1S/C11H24N2/c1-4-11(10(2)3)13-8-5-6-12-7-9-13/h10-12H,4-9H2,1-3H3. The van der Waals surface area contributed by atoms with E-state index in [-0.39, 0.29) is 0 Å². The smallest absolute Gasteiger partial charge is 0.0116 e. The molecule has 1 aliphatic heterocycles. The van der Waals surface area contributed by atoms with E-state index in [1.807, 2.05) is 0 Å². The second kappa shape index (κ2) is 5.61. The van der Waals surface area contributed by atoms with Crippen molar-refractivity contribution < 1.29 is 0 Å². The molecule has 2 nitrogen and oxygen atoms in total. The molecule has 0 aliphatic carbocycles. The molecule has 2 heteroatoms. The molecule has 78 valence electrons. The van der Waals surface area contributed by atoms with Gasteiger partial charge in [-0.2, -0.15) is 0 Å². The molecule has 1 atom stereocenters. The highest BCUT2D eigenvalue weighted by Gasteiger charge is 2.20. The Hall–Kier alpha value is -0.0800. The van der Waals surface area contributed by atoms with E-state index in [9.17, 15) is 0 Å². The van der Waals surface area contributed by atoms with Crippen molar-refractivity contribution in [1.82, 2.24) is 10.2 Å². The summed E-state index contributed by atoms with van der Waals surface area (Å²) in [5.41, 5.74) is 0. The molecular weight excluding hydrogens is 160 g/mol. The zero-order chi connectivity index (χ0) is 9.68. The maximum Gasteiger partial charge on any atom is 0.0116 e. The maximum absolute atomic E-state index is 3.45. The fourth-order valence-corrected chi connectivity index (χ4v) is 2.35. The molecule has 1 rings (SSSR count). The minimum absolute atomic E-state index is 0.792. The Morgan fingerprint density at radius 3 is 2.62 bits per heavy atom. The van der Waals surface area contributed by atoms with Gasteiger partial charge in [-0.1, -0.05) is 20.8 Å². The van der Waals surface area contributed by atoms with Crippen LogP contribution in [0.3, 0.4) is 0 Å². The lowest BCUT2D eigenvalue weighted by molar-refractivity contribution is 0.160. The Labute approximate surface area is 82.7 Å². The molecule has 1 unspecified atom stereocenters. The molecule has 13 heavy (non-hydrogen) atoms. The van der Waals surface area contributed by atoms with Crippen molar-refractivity contribution in [1.29, 1.82) is 0 Å². The summed E-state index contributed by atoms with van der Waals surface area (Å²) in [6, 6.07) is 0.792. The average Bonchev–Trinajstić information content (AvgIpc) is 2.33. The van der Waals surface area contributed by atoms with Crippen molar-refractivity contribution in [3.8, 4) is 0 Å². The Kier molecular flexibility index (Phi) is 4.74. The van der Waals surface area contributed by atoms with Crippen molar-refractivity contribution in [3.63, 3.8) is 0 Å². The summed E-state index contributed by atoms with van der Waals surface area (Å²) in [5, 5.41) is 3.45. The van der Waals surface area contributed by atoms with Crippen LogP contribution in [0.15, 0.2) is 0 Å². The minimum atomic E-state index is 0.792. The first kappa shape index (κ1) is 11.0. The summed E-state index contributed by atoms with van der Waals surface area (Å²) in [6.45, 7) is 11.9. The Morgan fingerprint density at radius 1 is 1.23 bits per heavy atom. The van der Waals surface area contributed by atoms with E-state index in [2.05, 4.69) is 31.0 Å². The van der Waals surface area contributed by atoms with Crippen molar-refractivity contribution in [2.45, 2.75) is 39.7 Å². The molecule has 1 saturated heterocycles. The number of nitrogens with one attached hydrogen (secondary N) is 1. The van der Waals surface area contributed by atoms with Crippen LogP contribution < -0.4 is 5.32 Å². The molecule has 1 fully saturated rings. The normalized spacial score (nSPS) is 23.1. The van der Waals surface area contributed by atoms with Crippen LogP contribution in [-0.2, 0) is 0 Å². The van der Waals surface area contributed by atoms with Crippen LogP contribution in [0.5, 0.6) is 0 Å². The Balaban J connectivity index is 2.45. The predicted molar refractivity (Wildman–Crippen MR) is 58.0 cm³/mol. The van der Waals surface area contributed by atoms with Crippen LogP contribution in [0, 0.1) is 5.92 Å². The van der Waals surface area contributed by atoms with E-state index < -0.39 is 0 Å². The first-order valence-corrected chi connectivity index (χ1v) is 5.70. The highest BCUT2D eigenvalue weighted by Crippen LogP contribution is 2.15. The molecule has 1 N–H and O–H groups in total. The van der Waals surface area contributed by atoms with Crippen molar-refractivity contribution >= 4 is 0 Å². The first-order chi connectivity index (χ1) is 6.25. The number of hydrogen-bond donors (Lipinski definition) is 1. The number of hydrogen-bond acceptors (Lipinski definition) is 2. The van der Waals surface area contributed by atoms with Gasteiger partial charge in [-0.05, 0) is 31.8 Å². The van der Waals surface area contributed by atoms with E-state index in [1.54, 1.807) is 0 Å². The summed E-state index contributed by atoms with van der Waals surface area (Å²) in [6.07, 6.45) is 2.60. The van der Waals surface area contributed by atoms with Gasteiger partial charge in [0.2, 0.25) is 0 Å². The SMILES string of the molecule is CCC(C(C)C)N1CCCNCC1. The van der Waals surface area contributed by atoms with Crippen LogP contribution in [-0.4, -0.2) is 37.1 Å². The van der Waals surface area contributed by atoms with Crippen LogP contribution in [0.1, 0.15) is 33.6 Å². The summed E-state index contributed by atoms with van der Waals surface area (Å²) < 4.78 is 0. The zero-order valence-electron chi connectivity index (χ0n) is 9.34. The van der Waals surface area contributed by atoms with Crippen molar-refractivity contribution in [2.24, 2.45) is 5.92 Å². The number of rotatable bonds is 3. The topological polar surface area (TPSA) is 15.3 Å². The number of nitrogens with zero attached hydrogens (tertiary/aromatic N) is 1. The van der Waals surface area contributed by atoms with Crippen molar-refractivity contribution in [2.75, 3.05) is 26.2 Å².